The number of carbonyl (C=O) groups is 1. The molecule has 0 N–H and O–H groups in total. The van der Waals surface area contributed by atoms with Crippen LogP contribution in [0, 0.1) is 29.6 Å². The second-order valence-corrected chi connectivity index (χ2v) is 6.92. The van der Waals surface area contributed by atoms with Gasteiger partial charge in [0.1, 0.15) is 0 Å². The summed E-state index contributed by atoms with van der Waals surface area (Å²) in [6, 6.07) is 0. The van der Waals surface area contributed by atoms with E-state index in [9.17, 15) is 31.1 Å². The normalized spacial score (nSPS) is 34.2. The molecule has 2 rings (SSSR count). The summed E-state index contributed by atoms with van der Waals surface area (Å²) >= 11 is 0. The first-order chi connectivity index (χ1) is 10.4. The van der Waals surface area contributed by atoms with Gasteiger partial charge < -0.3 is 4.74 Å². The molecule has 0 aromatic rings. The molecular weight excluding hydrogens is 326 g/mol. The van der Waals surface area contributed by atoms with Crippen LogP contribution < -0.4 is 0 Å². The molecule has 2 bridgehead atoms. The van der Waals surface area contributed by atoms with Crippen LogP contribution in [-0.4, -0.2) is 30.8 Å². The van der Waals surface area contributed by atoms with E-state index in [4.69, 9.17) is 0 Å². The van der Waals surface area contributed by atoms with E-state index in [1.165, 1.54) is 0 Å². The number of esters is 1. The van der Waals surface area contributed by atoms with Gasteiger partial charge >= 0.3 is 18.3 Å². The van der Waals surface area contributed by atoms with E-state index in [0.29, 0.717) is 18.3 Å². The van der Waals surface area contributed by atoms with Crippen molar-refractivity contribution in [1.29, 1.82) is 0 Å². The molecule has 5 atom stereocenters. The topological polar surface area (TPSA) is 26.3 Å². The van der Waals surface area contributed by atoms with Gasteiger partial charge in [0.25, 0.3) is 5.92 Å². The third-order valence-corrected chi connectivity index (χ3v) is 5.44. The Labute approximate surface area is 130 Å². The van der Waals surface area contributed by atoms with Gasteiger partial charge in [0.15, 0.2) is 6.61 Å². The highest BCUT2D eigenvalue weighted by molar-refractivity contribution is 5.73. The molecule has 23 heavy (non-hydrogen) atoms. The van der Waals surface area contributed by atoms with Gasteiger partial charge in [0.05, 0.1) is 12.3 Å². The van der Waals surface area contributed by atoms with Gasteiger partial charge in [-0.15, -0.1) is 0 Å². The summed E-state index contributed by atoms with van der Waals surface area (Å²) in [5.41, 5.74) is 0. The molecule has 0 aromatic heterocycles. The lowest BCUT2D eigenvalue weighted by Crippen LogP contribution is -2.39. The fourth-order valence-electron chi connectivity index (χ4n) is 3.97. The maximum Gasteiger partial charge on any atom is 0.313 e. The predicted octanol–water partition coefficient (Wildman–Crippen LogP) is 4.38. The standard InChI is InChI=1S/C15H20F6O2/c1-7-8(2)10-3-9(7)4-11(10)12(22)23-6-14(18,19)5-15(20,21)13(16)17/h7-11,13H,3-6H2,1-2H3. The maximum absolute atomic E-state index is 13.4. The molecule has 5 unspecified atom stereocenters. The van der Waals surface area contributed by atoms with Crippen LogP contribution in [0.4, 0.5) is 26.3 Å². The summed E-state index contributed by atoms with van der Waals surface area (Å²) in [6.45, 7) is 2.48. The van der Waals surface area contributed by atoms with Crippen molar-refractivity contribution in [2.24, 2.45) is 29.6 Å². The van der Waals surface area contributed by atoms with Gasteiger partial charge in [0.2, 0.25) is 0 Å². The second-order valence-electron chi connectivity index (χ2n) is 6.92. The zero-order valence-corrected chi connectivity index (χ0v) is 12.9. The summed E-state index contributed by atoms with van der Waals surface area (Å²) in [5.74, 6) is -9.22. The molecule has 134 valence electrons. The van der Waals surface area contributed by atoms with Crippen LogP contribution in [0.5, 0.6) is 0 Å². The number of halogens is 6. The first-order valence-electron chi connectivity index (χ1n) is 7.65. The molecule has 0 aromatic carbocycles. The van der Waals surface area contributed by atoms with Gasteiger partial charge in [-0.25, -0.2) is 26.3 Å². The highest BCUT2D eigenvalue weighted by Crippen LogP contribution is 2.55. The van der Waals surface area contributed by atoms with Crippen molar-refractivity contribution in [2.75, 3.05) is 6.61 Å². The number of hydrogen-bond acceptors (Lipinski definition) is 2. The molecule has 0 aliphatic heterocycles. The Morgan fingerprint density at radius 1 is 1.13 bits per heavy atom. The lowest BCUT2D eigenvalue weighted by molar-refractivity contribution is -0.197. The predicted molar refractivity (Wildman–Crippen MR) is 69.5 cm³/mol. The number of rotatable bonds is 6. The average Bonchev–Trinajstić information content (AvgIpc) is 2.96. The third-order valence-electron chi connectivity index (χ3n) is 5.44. The van der Waals surface area contributed by atoms with Gasteiger partial charge in [0, 0.05) is 0 Å². The molecule has 0 spiro atoms. The summed E-state index contributed by atoms with van der Waals surface area (Å²) in [4.78, 5) is 11.9. The van der Waals surface area contributed by atoms with Gasteiger partial charge in [-0.1, -0.05) is 13.8 Å². The number of carbonyl (C=O) groups excluding carboxylic acids is 1. The SMILES string of the molecule is CC1C2CC(C(=O)OCC(F)(F)CC(F)(F)C(F)F)C(C2)C1C. The van der Waals surface area contributed by atoms with Crippen LogP contribution in [0.3, 0.4) is 0 Å². The van der Waals surface area contributed by atoms with Crippen LogP contribution in [0.15, 0.2) is 0 Å². The van der Waals surface area contributed by atoms with E-state index >= 15 is 0 Å². The lowest BCUT2D eigenvalue weighted by Gasteiger charge is -2.30. The Hall–Kier alpha value is -0.950. The fraction of sp³-hybridized carbons (Fsp3) is 0.933. The summed E-state index contributed by atoms with van der Waals surface area (Å²) in [5, 5.41) is 0. The molecule has 0 saturated heterocycles. The largest absolute Gasteiger partial charge is 0.459 e. The van der Waals surface area contributed by atoms with Crippen molar-refractivity contribution in [3.8, 4) is 0 Å². The van der Waals surface area contributed by atoms with E-state index in [1.54, 1.807) is 0 Å². The Morgan fingerprint density at radius 2 is 1.74 bits per heavy atom. The zero-order valence-electron chi connectivity index (χ0n) is 12.9. The van der Waals surface area contributed by atoms with E-state index in [1.807, 2.05) is 6.92 Å². The van der Waals surface area contributed by atoms with Crippen molar-refractivity contribution in [1.82, 2.24) is 0 Å². The quantitative estimate of drug-likeness (QED) is 0.527. The number of ether oxygens (including phenoxy) is 1. The minimum atomic E-state index is -4.81. The fourth-order valence-corrected chi connectivity index (χ4v) is 3.97. The average molecular weight is 346 g/mol. The van der Waals surface area contributed by atoms with Crippen molar-refractivity contribution in [2.45, 2.75) is 51.4 Å². The summed E-state index contributed by atoms with van der Waals surface area (Å²) in [6.07, 6.45) is -5.14. The van der Waals surface area contributed by atoms with Crippen molar-refractivity contribution in [3.05, 3.63) is 0 Å². The first kappa shape index (κ1) is 18.4. The smallest absolute Gasteiger partial charge is 0.313 e. The Kier molecular flexibility index (Phi) is 4.93. The van der Waals surface area contributed by atoms with Crippen LogP contribution in [-0.2, 0) is 9.53 Å². The number of fused-ring (bicyclic) bond motifs is 2. The summed E-state index contributed by atoms with van der Waals surface area (Å²) in [7, 11) is 0. The van der Waals surface area contributed by atoms with Gasteiger partial charge in [-0.2, -0.15) is 0 Å². The van der Waals surface area contributed by atoms with Gasteiger partial charge in [-0.05, 0) is 36.5 Å². The Morgan fingerprint density at radius 3 is 2.22 bits per heavy atom. The molecule has 0 radical (unpaired) electrons. The monoisotopic (exact) mass is 346 g/mol. The van der Waals surface area contributed by atoms with Crippen molar-refractivity contribution >= 4 is 5.97 Å². The molecule has 0 heterocycles. The molecule has 2 aliphatic rings. The molecule has 2 aliphatic carbocycles. The second kappa shape index (κ2) is 6.16. The molecule has 2 fully saturated rings. The summed E-state index contributed by atoms with van der Waals surface area (Å²) < 4.78 is 80.6. The first-order valence-corrected chi connectivity index (χ1v) is 7.65. The highest BCUT2D eigenvalue weighted by atomic mass is 19.3. The Bertz CT molecular complexity index is 451. The van der Waals surface area contributed by atoms with Gasteiger partial charge in [-0.3, -0.25) is 4.79 Å². The third kappa shape index (κ3) is 3.76. The number of hydrogen-bond donors (Lipinski definition) is 0. The van der Waals surface area contributed by atoms with E-state index in [-0.39, 0.29) is 11.8 Å². The Balaban J connectivity index is 1.87. The van der Waals surface area contributed by atoms with Crippen LogP contribution in [0.2, 0.25) is 0 Å². The minimum Gasteiger partial charge on any atom is -0.459 e. The van der Waals surface area contributed by atoms with Crippen LogP contribution >= 0.6 is 0 Å². The van der Waals surface area contributed by atoms with E-state index < -0.39 is 43.2 Å². The van der Waals surface area contributed by atoms with Crippen LogP contribution in [0.1, 0.15) is 33.1 Å². The minimum absolute atomic E-state index is 0.0543. The van der Waals surface area contributed by atoms with Crippen molar-refractivity contribution in [3.63, 3.8) is 0 Å². The van der Waals surface area contributed by atoms with E-state index in [2.05, 4.69) is 11.7 Å². The van der Waals surface area contributed by atoms with Crippen LogP contribution in [0.25, 0.3) is 0 Å². The van der Waals surface area contributed by atoms with Crippen molar-refractivity contribution < 1.29 is 35.9 Å². The molecule has 2 nitrogen and oxygen atoms in total. The molecule has 8 heteroatoms. The maximum atomic E-state index is 13.4. The molecule has 2 saturated carbocycles. The molecular formula is C15H20F6O2. The highest BCUT2D eigenvalue weighted by Gasteiger charge is 2.53. The zero-order chi connectivity index (χ0) is 17.6. The number of alkyl halides is 6. The lowest BCUT2D eigenvalue weighted by atomic mass is 9.76. The van der Waals surface area contributed by atoms with E-state index in [0.717, 1.165) is 6.42 Å². The molecule has 0 amide bonds.